The highest BCUT2D eigenvalue weighted by Crippen LogP contribution is 2.29. The summed E-state index contributed by atoms with van der Waals surface area (Å²) < 4.78 is 46.1. The Labute approximate surface area is 126 Å². The fraction of sp³-hybridized carbons (Fsp3) is 0.308. The zero-order chi connectivity index (χ0) is 15.6. The fourth-order valence-corrected chi connectivity index (χ4v) is 4.22. The number of methoxy groups -OCH3 is 1. The Morgan fingerprint density at radius 2 is 2.14 bits per heavy atom. The van der Waals surface area contributed by atoms with E-state index >= 15 is 0 Å². The van der Waals surface area contributed by atoms with Gasteiger partial charge in [0.2, 0.25) is 0 Å². The minimum absolute atomic E-state index is 0.0125. The minimum atomic E-state index is -3.87. The molecule has 0 saturated carbocycles. The number of aromatic nitrogens is 1. The highest BCUT2D eigenvalue weighted by atomic mass is 32.2. The SMILES string of the molecule is CCc1ncsc1NS(=O)(=O)c1ccc(OC)c(F)c1C. The number of hydrogen-bond acceptors (Lipinski definition) is 5. The van der Waals surface area contributed by atoms with Crippen LogP contribution in [0.2, 0.25) is 0 Å². The molecule has 0 amide bonds. The summed E-state index contributed by atoms with van der Waals surface area (Å²) in [6.07, 6.45) is 0.608. The van der Waals surface area contributed by atoms with Crippen molar-refractivity contribution in [1.29, 1.82) is 0 Å². The number of thiazole rings is 1. The first-order valence-electron chi connectivity index (χ1n) is 6.19. The van der Waals surface area contributed by atoms with Gasteiger partial charge in [0.05, 0.1) is 23.2 Å². The van der Waals surface area contributed by atoms with Crippen molar-refractivity contribution >= 4 is 26.4 Å². The summed E-state index contributed by atoms with van der Waals surface area (Å²) in [4.78, 5) is 3.96. The third-order valence-electron chi connectivity index (χ3n) is 3.01. The van der Waals surface area contributed by atoms with Gasteiger partial charge in [0.1, 0.15) is 5.00 Å². The van der Waals surface area contributed by atoms with Gasteiger partial charge in [0, 0.05) is 5.56 Å². The van der Waals surface area contributed by atoms with Gasteiger partial charge < -0.3 is 4.74 Å². The van der Waals surface area contributed by atoms with Crippen LogP contribution in [-0.4, -0.2) is 20.5 Å². The molecule has 0 aliphatic heterocycles. The van der Waals surface area contributed by atoms with Crippen LogP contribution in [0.4, 0.5) is 9.39 Å². The van der Waals surface area contributed by atoms with E-state index in [1.165, 1.54) is 37.5 Å². The molecule has 114 valence electrons. The summed E-state index contributed by atoms with van der Waals surface area (Å²) in [6, 6.07) is 2.62. The lowest BCUT2D eigenvalue weighted by atomic mass is 10.2. The fourth-order valence-electron chi connectivity index (χ4n) is 1.87. The average molecular weight is 330 g/mol. The maximum atomic E-state index is 14.0. The van der Waals surface area contributed by atoms with Crippen molar-refractivity contribution in [3.05, 3.63) is 34.7 Å². The van der Waals surface area contributed by atoms with Crippen LogP contribution < -0.4 is 9.46 Å². The number of rotatable bonds is 5. The molecule has 0 radical (unpaired) electrons. The van der Waals surface area contributed by atoms with Crippen molar-refractivity contribution in [3.63, 3.8) is 0 Å². The second kappa shape index (κ2) is 5.98. The molecule has 0 bridgehead atoms. The van der Waals surface area contributed by atoms with E-state index in [4.69, 9.17) is 4.74 Å². The Bertz CT molecular complexity index is 757. The molecular weight excluding hydrogens is 315 g/mol. The lowest BCUT2D eigenvalue weighted by molar-refractivity contribution is 0.384. The van der Waals surface area contributed by atoms with Gasteiger partial charge in [-0.05, 0) is 25.5 Å². The zero-order valence-electron chi connectivity index (χ0n) is 11.8. The van der Waals surface area contributed by atoms with Crippen LogP contribution in [0.15, 0.2) is 22.5 Å². The number of benzene rings is 1. The van der Waals surface area contributed by atoms with Crippen LogP contribution in [0.1, 0.15) is 18.2 Å². The molecule has 5 nitrogen and oxygen atoms in total. The predicted molar refractivity (Wildman–Crippen MR) is 80.0 cm³/mol. The maximum absolute atomic E-state index is 14.0. The Morgan fingerprint density at radius 3 is 2.76 bits per heavy atom. The van der Waals surface area contributed by atoms with E-state index in [2.05, 4.69) is 9.71 Å². The summed E-state index contributed by atoms with van der Waals surface area (Å²) >= 11 is 1.19. The van der Waals surface area contributed by atoms with Crippen LogP contribution in [0, 0.1) is 12.7 Å². The van der Waals surface area contributed by atoms with Gasteiger partial charge in [-0.15, -0.1) is 11.3 Å². The van der Waals surface area contributed by atoms with E-state index in [1.54, 1.807) is 5.51 Å². The Kier molecular flexibility index (Phi) is 4.48. The molecule has 0 spiro atoms. The first kappa shape index (κ1) is 15.7. The molecule has 0 fully saturated rings. The Hall–Kier alpha value is -1.67. The summed E-state index contributed by atoms with van der Waals surface area (Å²) in [7, 11) is -2.54. The molecule has 21 heavy (non-hydrogen) atoms. The number of hydrogen-bond donors (Lipinski definition) is 1. The van der Waals surface area contributed by atoms with Crippen LogP contribution in [0.25, 0.3) is 0 Å². The van der Waals surface area contributed by atoms with E-state index in [9.17, 15) is 12.8 Å². The lowest BCUT2D eigenvalue weighted by Gasteiger charge is -2.12. The van der Waals surface area contributed by atoms with Crippen molar-refractivity contribution in [2.24, 2.45) is 0 Å². The van der Waals surface area contributed by atoms with Gasteiger partial charge >= 0.3 is 0 Å². The molecule has 1 aromatic carbocycles. The van der Waals surface area contributed by atoms with Crippen molar-refractivity contribution in [2.45, 2.75) is 25.2 Å². The molecule has 8 heteroatoms. The number of nitrogens with one attached hydrogen (secondary N) is 1. The number of nitrogens with zero attached hydrogens (tertiary/aromatic N) is 1. The normalized spacial score (nSPS) is 11.4. The first-order valence-corrected chi connectivity index (χ1v) is 8.55. The lowest BCUT2D eigenvalue weighted by Crippen LogP contribution is -2.15. The van der Waals surface area contributed by atoms with Gasteiger partial charge in [-0.1, -0.05) is 6.92 Å². The van der Waals surface area contributed by atoms with E-state index in [-0.39, 0.29) is 16.2 Å². The maximum Gasteiger partial charge on any atom is 0.262 e. The van der Waals surface area contributed by atoms with E-state index in [0.29, 0.717) is 17.1 Å². The second-order valence-electron chi connectivity index (χ2n) is 4.29. The summed E-state index contributed by atoms with van der Waals surface area (Å²) in [5.41, 5.74) is 2.25. The largest absolute Gasteiger partial charge is 0.494 e. The van der Waals surface area contributed by atoms with Gasteiger partial charge in [0.15, 0.2) is 11.6 Å². The average Bonchev–Trinajstić information content (AvgIpc) is 2.87. The highest BCUT2D eigenvalue weighted by molar-refractivity contribution is 7.93. The van der Waals surface area contributed by atoms with Crippen molar-refractivity contribution in [1.82, 2.24) is 4.98 Å². The molecule has 0 unspecified atom stereocenters. The van der Waals surface area contributed by atoms with Gasteiger partial charge in [-0.3, -0.25) is 4.72 Å². The molecule has 2 aromatic rings. The van der Waals surface area contributed by atoms with Crippen molar-refractivity contribution < 1.29 is 17.5 Å². The topological polar surface area (TPSA) is 68.3 Å². The first-order chi connectivity index (χ1) is 9.90. The molecule has 0 aliphatic rings. The predicted octanol–water partition coefficient (Wildman–Crippen LogP) is 2.96. The molecule has 1 N–H and O–H groups in total. The summed E-state index contributed by atoms with van der Waals surface area (Å²) in [6.45, 7) is 3.28. The molecule has 1 aromatic heterocycles. The number of halogens is 1. The van der Waals surface area contributed by atoms with Gasteiger partial charge in [-0.25, -0.2) is 17.8 Å². The molecule has 1 heterocycles. The number of sulfonamides is 1. The molecule has 2 rings (SSSR count). The highest BCUT2D eigenvalue weighted by Gasteiger charge is 2.22. The second-order valence-corrected chi connectivity index (χ2v) is 6.80. The minimum Gasteiger partial charge on any atom is -0.494 e. The molecule has 0 atom stereocenters. The van der Waals surface area contributed by atoms with Crippen molar-refractivity contribution in [2.75, 3.05) is 11.8 Å². The Morgan fingerprint density at radius 1 is 1.43 bits per heavy atom. The molecule has 0 saturated heterocycles. The molecular formula is C13H15FN2O3S2. The van der Waals surface area contributed by atoms with Crippen LogP contribution >= 0.6 is 11.3 Å². The van der Waals surface area contributed by atoms with E-state index in [1.807, 2.05) is 6.92 Å². The standard InChI is InChI=1S/C13H15FN2O3S2/c1-4-9-13(20-7-15-9)16-21(17,18)11-6-5-10(19-3)12(14)8(11)2/h5-7,16H,4H2,1-3H3. The van der Waals surface area contributed by atoms with Gasteiger partial charge in [-0.2, -0.15) is 0 Å². The van der Waals surface area contributed by atoms with E-state index in [0.717, 1.165) is 0 Å². The zero-order valence-corrected chi connectivity index (χ0v) is 13.4. The third-order valence-corrected chi connectivity index (χ3v) is 5.42. The third kappa shape index (κ3) is 3.01. The van der Waals surface area contributed by atoms with Gasteiger partial charge in [0.25, 0.3) is 10.0 Å². The number of ether oxygens (including phenoxy) is 1. The van der Waals surface area contributed by atoms with Crippen LogP contribution in [0.3, 0.4) is 0 Å². The smallest absolute Gasteiger partial charge is 0.262 e. The van der Waals surface area contributed by atoms with E-state index < -0.39 is 15.8 Å². The number of aryl methyl sites for hydroxylation is 1. The van der Waals surface area contributed by atoms with Crippen LogP contribution in [0.5, 0.6) is 5.75 Å². The van der Waals surface area contributed by atoms with Crippen molar-refractivity contribution in [3.8, 4) is 5.75 Å². The number of anilines is 1. The summed E-state index contributed by atoms with van der Waals surface area (Å²) in [5.74, 6) is -0.668. The summed E-state index contributed by atoms with van der Waals surface area (Å²) in [5, 5.41) is 0.452. The van der Waals surface area contributed by atoms with Crippen LogP contribution in [-0.2, 0) is 16.4 Å². The Balaban J connectivity index is 2.43. The quantitative estimate of drug-likeness (QED) is 0.915. The monoisotopic (exact) mass is 330 g/mol. The molecule has 0 aliphatic carbocycles.